The second-order valence-corrected chi connectivity index (χ2v) is 8.57. The van der Waals surface area contributed by atoms with Crippen molar-refractivity contribution < 1.29 is 14.7 Å². The van der Waals surface area contributed by atoms with Crippen LogP contribution in [0.4, 0.5) is 0 Å². The molecule has 0 spiro atoms. The lowest BCUT2D eigenvalue weighted by molar-refractivity contribution is -0.118. The Morgan fingerprint density at radius 1 is 0.742 bits per heavy atom. The zero-order valence-electron chi connectivity index (χ0n) is 17.1. The number of amides is 2. The van der Waals surface area contributed by atoms with Gasteiger partial charge in [-0.15, -0.1) is 0 Å². The summed E-state index contributed by atoms with van der Waals surface area (Å²) < 4.78 is 0. The summed E-state index contributed by atoms with van der Waals surface area (Å²) in [6.07, 6.45) is 0.612. The van der Waals surface area contributed by atoms with Crippen LogP contribution in [0, 0.1) is 11.8 Å². The molecule has 1 fully saturated rings. The van der Waals surface area contributed by atoms with Crippen LogP contribution in [0.5, 0.6) is 0 Å². The summed E-state index contributed by atoms with van der Waals surface area (Å²) in [4.78, 5) is 27.7. The molecule has 2 amide bonds. The quantitative estimate of drug-likeness (QED) is 0.514. The van der Waals surface area contributed by atoms with Crippen LogP contribution >= 0.6 is 0 Å². The minimum absolute atomic E-state index is 0.302. The molecule has 3 aromatic rings. The van der Waals surface area contributed by atoms with E-state index in [1.54, 1.807) is 31.2 Å². The van der Waals surface area contributed by atoms with E-state index in [4.69, 9.17) is 0 Å². The van der Waals surface area contributed by atoms with E-state index in [0.29, 0.717) is 24.0 Å². The third-order valence-electron chi connectivity index (χ3n) is 6.12. The normalized spacial score (nSPS) is 24.3. The van der Waals surface area contributed by atoms with Gasteiger partial charge in [0, 0.05) is 24.0 Å². The van der Waals surface area contributed by atoms with E-state index in [1.807, 2.05) is 54.6 Å². The molecule has 152 valence electrons. The first kappa shape index (κ1) is 19.3. The van der Waals surface area contributed by atoms with Gasteiger partial charge < -0.3 is 5.11 Å². The van der Waals surface area contributed by atoms with Crippen molar-refractivity contribution in [2.45, 2.75) is 30.9 Å². The summed E-state index contributed by atoms with van der Waals surface area (Å²) in [6, 6.07) is 24.3. The molecule has 1 aliphatic heterocycles. The van der Waals surface area contributed by atoms with Crippen molar-refractivity contribution in [3.8, 4) is 11.8 Å². The van der Waals surface area contributed by atoms with Crippen molar-refractivity contribution in [1.82, 2.24) is 4.90 Å². The van der Waals surface area contributed by atoms with Gasteiger partial charge in [0.2, 0.25) is 0 Å². The number of nitrogens with zero attached hydrogens (tertiary/aromatic N) is 1. The maximum Gasteiger partial charge on any atom is 0.262 e. The molecule has 1 aliphatic carbocycles. The highest BCUT2D eigenvalue weighted by atomic mass is 16.3. The number of rotatable bonds is 2. The van der Waals surface area contributed by atoms with E-state index in [0.717, 1.165) is 16.7 Å². The van der Waals surface area contributed by atoms with E-state index in [-0.39, 0.29) is 11.8 Å². The molecule has 4 heteroatoms. The largest absolute Gasteiger partial charge is 0.390 e. The summed E-state index contributed by atoms with van der Waals surface area (Å²) in [5.41, 5.74) is 1.66. The Morgan fingerprint density at radius 3 is 1.74 bits per heavy atom. The fraction of sp³-hybridized carbons (Fsp3) is 0.185. The Hall–Kier alpha value is -3.68. The monoisotopic (exact) mass is 407 g/mol. The van der Waals surface area contributed by atoms with Crippen LogP contribution in [0.2, 0.25) is 0 Å². The highest BCUT2D eigenvalue weighted by molar-refractivity contribution is 6.22. The predicted octanol–water partition coefficient (Wildman–Crippen LogP) is 4.12. The zero-order chi connectivity index (χ0) is 21.6. The lowest BCUT2D eigenvalue weighted by Gasteiger charge is -2.55. The number of hydrogen-bond donors (Lipinski definition) is 1. The van der Waals surface area contributed by atoms with Crippen LogP contribution in [-0.4, -0.2) is 27.4 Å². The number of hydrogen-bond acceptors (Lipinski definition) is 3. The van der Waals surface area contributed by atoms with Gasteiger partial charge in [0.05, 0.1) is 22.3 Å². The highest BCUT2D eigenvalue weighted by Gasteiger charge is 2.60. The van der Waals surface area contributed by atoms with Crippen molar-refractivity contribution in [2.75, 3.05) is 0 Å². The minimum Gasteiger partial charge on any atom is -0.390 e. The van der Waals surface area contributed by atoms with Gasteiger partial charge in [-0.1, -0.05) is 54.3 Å². The molecule has 0 bridgehead atoms. The Bertz CT molecular complexity index is 1200. The molecule has 0 radical (unpaired) electrons. The molecule has 0 unspecified atom stereocenters. The first-order valence-corrected chi connectivity index (χ1v) is 10.3. The van der Waals surface area contributed by atoms with E-state index in [2.05, 4.69) is 11.8 Å². The fourth-order valence-electron chi connectivity index (χ4n) is 4.81. The summed E-state index contributed by atoms with van der Waals surface area (Å²) in [5, 5.41) is 10.6. The summed E-state index contributed by atoms with van der Waals surface area (Å²) in [5.74, 6) is 5.68. The molecule has 4 nitrogen and oxygen atoms in total. The van der Waals surface area contributed by atoms with Gasteiger partial charge in [-0.2, -0.15) is 0 Å². The van der Waals surface area contributed by atoms with Crippen molar-refractivity contribution >= 4 is 11.8 Å². The van der Waals surface area contributed by atoms with E-state index >= 15 is 0 Å². The van der Waals surface area contributed by atoms with Gasteiger partial charge in [0.25, 0.3) is 11.8 Å². The van der Waals surface area contributed by atoms with Gasteiger partial charge in [-0.05, 0) is 48.9 Å². The van der Waals surface area contributed by atoms with E-state index in [9.17, 15) is 14.7 Å². The molecule has 3 aromatic carbocycles. The first-order chi connectivity index (χ1) is 14.9. The maximum atomic E-state index is 13.2. The Balaban J connectivity index is 1.50. The van der Waals surface area contributed by atoms with Crippen molar-refractivity contribution in [1.29, 1.82) is 0 Å². The van der Waals surface area contributed by atoms with Gasteiger partial charge in [-0.25, -0.2) is 0 Å². The third-order valence-corrected chi connectivity index (χ3v) is 6.12. The minimum atomic E-state index is -0.929. The van der Waals surface area contributed by atoms with Crippen molar-refractivity contribution in [2.24, 2.45) is 0 Å². The van der Waals surface area contributed by atoms with Crippen LogP contribution in [0.15, 0.2) is 78.9 Å². The summed E-state index contributed by atoms with van der Waals surface area (Å²) >= 11 is 0. The molecule has 31 heavy (non-hydrogen) atoms. The number of imide groups is 1. The van der Waals surface area contributed by atoms with Crippen molar-refractivity contribution in [3.63, 3.8) is 0 Å². The van der Waals surface area contributed by atoms with Crippen LogP contribution in [-0.2, 0) is 5.54 Å². The molecule has 1 saturated carbocycles. The number of carbonyl (C=O) groups excluding carboxylic acids is 2. The number of carbonyl (C=O) groups is 2. The van der Waals surface area contributed by atoms with Crippen LogP contribution in [0.25, 0.3) is 0 Å². The van der Waals surface area contributed by atoms with Crippen LogP contribution in [0.1, 0.15) is 57.2 Å². The molecule has 5 rings (SSSR count). The highest BCUT2D eigenvalue weighted by Crippen LogP contribution is 2.54. The maximum absolute atomic E-state index is 13.2. The Morgan fingerprint density at radius 2 is 1.23 bits per heavy atom. The van der Waals surface area contributed by atoms with Gasteiger partial charge in [0.1, 0.15) is 0 Å². The van der Waals surface area contributed by atoms with Crippen molar-refractivity contribution in [3.05, 3.63) is 107 Å². The molecule has 0 atom stereocenters. The fourth-order valence-corrected chi connectivity index (χ4v) is 4.81. The average Bonchev–Trinajstić information content (AvgIpc) is 3.02. The van der Waals surface area contributed by atoms with Gasteiger partial charge >= 0.3 is 0 Å². The van der Waals surface area contributed by atoms with E-state index < -0.39 is 11.1 Å². The van der Waals surface area contributed by atoms with Gasteiger partial charge in [0.15, 0.2) is 0 Å². The number of benzene rings is 3. The molecule has 1 N–H and O–H groups in total. The zero-order valence-corrected chi connectivity index (χ0v) is 17.1. The SMILES string of the molecule is C[C@]1(O)C[C@](c2ccc(C#Cc3ccccc3)cc2)(N2C(=O)c3ccccc3C2=O)C1. The summed E-state index contributed by atoms with van der Waals surface area (Å²) in [7, 11) is 0. The topological polar surface area (TPSA) is 57.6 Å². The predicted molar refractivity (Wildman–Crippen MR) is 117 cm³/mol. The third kappa shape index (κ3) is 3.15. The van der Waals surface area contributed by atoms with E-state index in [1.165, 1.54) is 4.90 Å². The lowest BCUT2D eigenvalue weighted by atomic mass is 9.61. The van der Waals surface area contributed by atoms with Crippen LogP contribution < -0.4 is 0 Å². The Labute approximate surface area is 181 Å². The molecule has 0 aromatic heterocycles. The van der Waals surface area contributed by atoms with Crippen LogP contribution in [0.3, 0.4) is 0 Å². The standard InChI is InChI=1S/C27H21NO3/c1-26(31)17-27(18-26,28-24(29)22-9-5-6-10-23(22)25(28)30)21-15-13-20(14-16-21)12-11-19-7-3-2-4-8-19/h2-10,13-16,31H,17-18H2,1H3/t26-,27-. The second-order valence-electron chi connectivity index (χ2n) is 8.57. The lowest BCUT2D eigenvalue weighted by Crippen LogP contribution is -2.63. The first-order valence-electron chi connectivity index (χ1n) is 10.3. The van der Waals surface area contributed by atoms with Gasteiger partial charge in [-0.3, -0.25) is 14.5 Å². The molecule has 2 aliphatic rings. The Kier molecular flexibility index (Phi) is 4.32. The smallest absolute Gasteiger partial charge is 0.262 e. The molecule has 0 saturated heterocycles. The number of fused-ring (bicyclic) bond motifs is 1. The molecule has 1 heterocycles. The number of aliphatic hydroxyl groups is 1. The molecular weight excluding hydrogens is 386 g/mol. The molecular formula is C27H21NO3. The average molecular weight is 407 g/mol. The second kappa shape index (κ2) is 6.94. The summed E-state index contributed by atoms with van der Waals surface area (Å²) in [6.45, 7) is 1.74.